The van der Waals surface area contributed by atoms with Gasteiger partial charge in [0.25, 0.3) is 5.91 Å². The highest BCUT2D eigenvalue weighted by Gasteiger charge is 2.40. The molecule has 1 aliphatic heterocycles. The molecule has 5 nitrogen and oxygen atoms in total. The number of para-hydroxylation sites is 1. The van der Waals surface area contributed by atoms with Gasteiger partial charge in [-0.3, -0.25) is 4.79 Å². The standard InChI is InChI=1S/C9H9BrN2O3S.C3H8/c1-11-9(13)6-12(16(11,14)15)8-5-3-2-4-7(8)10;1-3-2/h2-5H,6H2,1H3;3H2,1-2H3. The van der Waals surface area contributed by atoms with Gasteiger partial charge < -0.3 is 0 Å². The maximum absolute atomic E-state index is 11.9. The van der Waals surface area contributed by atoms with E-state index in [9.17, 15) is 13.2 Å². The Morgan fingerprint density at radius 3 is 2.21 bits per heavy atom. The van der Waals surface area contributed by atoms with Crippen LogP contribution in [0.1, 0.15) is 20.3 Å². The second-order valence-corrected chi connectivity index (χ2v) is 6.77. The summed E-state index contributed by atoms with van der Waals surface area (Å²) in [6.07, 6.45) is 1.25. The first-order valence-corrected chi connectivity index (χ1v) is 8.09. The lowest BCUT2D eigenvalue weighted by molar-refractivity contribution is -0.123. The van der Waals surface area contributed by atoms with Crippen LogP contribution in [0.2, 0.25) is 0 Å². The molecule has 0 N–H and O–H groups in total. The zero-order valence-electron chi connectivity index (χ0n) is 11.1. The smallest absolute Gasteiger partial charge is 0.272 e. The third kappa shape index (κ3) is 3.27. The van der Waals surface area contributed by atoms with E-state index in [-0.39, 0.29) is 6.54 Å². The van der Waals surface area contributed by atoms with Gasteiger partial charge >= 0.3 is 10.2 Å². The summed E-state index contributed by atoms with van der Waals surface area (Å²) in [6.45, 7) is 4.10. The van der Waals surface area contributed by atoms with Crippen molar-refractivity contribution in [1.29, 1.82) is 0 Å². The van der Waals surface area contributed by atoms with Crippen LogP contribution in [0, 0.1) is 0 Å². The normalized spacial score (nSPS) is 17.2. The van der Waals surface area contributed by atoms with E-state index in [1.54, 1.807) is 24.3 Å². The molecule has 0 aromatic heterocycles. The fourth-order valence-electron chi connectivity index (χ4n) is 1.44. The molecule has 0 unspecified atom stereocenters. The fraction of sp³-hybridized carbons (Fsp3) is 0.417. The van der Waals surface area contributed by atoms with Crippen molar-refractivity contribution in [2.24, 2.45) is 0 Å². The van der Waals surface area contributed by atoms with Crippen LogP contribution in [0.5, 0.6) is 0 Å². The number of likely N-dealkylation sites (N-methyl/N-ethyl adjacent to an activating group) is 1. The lowest BCUT2D eigenvalue weighted by Crippen LogP contribution is -2.31. The first-order chi connectivity index (χ1) is 8.86. The Morgan fingerprint density at radius 1 is 1.26 bits per heavy atom. The van der Waals surface area contributed by atoms with Crippen LogP contribution in [-0.4, -0.2) is 32.2 Å². The van der Waals surface area contributed by atoms with E-state index in [0.717, 1.165) is 8.61 Å². The van der Waals surface area contributed by atoms with E-state index < -0.39 is 16.1 Å². The molecule has 0 aliphatic carbocycles. The number of rotatable bonds is 1. The zero-order valence-corrected chi connectivity index (χ0v) is 13.5. The Kier molecular flexibility index (Phi) is 5.37. The van der Waals surface area contributed by atoms with Gasteiger partial charge in [-0.2, -0.15) is 8.42 Å². The molecule has 0 atom stereocenters. The van der Waals surface area contributed by atoms with E-state index in [0.29, 0.717) is 10.2 Å². The monoisotopic (exact) mass is 348 g/mol. The molecule has 7 heteroatoms. The quantitative estimate of drug-likeness (QED) is 0.782. The van der Waals surface area contributed by atoms with E-state index in [2.05, 4.69) is 29.8 Å². The van der Waals surface area contributed by atoms with Gasteiger partial charge in [0.15, 0.2) is 0 Å². The minimum absolute atomic E-state index is 0.151. The van der Waals surface area contributed by atoms with Gasteiger partial charge in [-0.1, -0.05) is 32.4 Å². The zero-order chi connectivity index (χ0) is 14.6. The molecule has 19 heavy (non-hydrogen) atoms. The van der Waals surface area contributed by atoms with Gasteiger partial charge in [0.05, 0.1) is 5.69 Å². The van der Waals surface area contributed by atoms with E-state index in [4.69, 9.17) is 0 Å². The van der Waals surface area contributed by atoms with Crippen LogP contribution in [0.15, 0.2) is 28.7 Å². The Hall–Kier alpha value is -1.08. The van der Waals surface area contributed by atoms with Crippen LogP contribution >= 0.6 is 15.9 Å². The third-order valence-corrected chi connectivity index (χ3v) is 4.82. The summed E-state index contributed by atoms with van der Waals surface area (Å²) in [5.41, 5.74) is 0.472. The fourth-order valence-corrected chi connectivity index (χ4v) is 3.35. The summed E-state index contributed by atoms with van der Waals surface area (Å²) >= 11 is 3.26. The van der Waals surface area contributed by atoms with E-state index >= 15 is 0 Å². The molecule has 1 aromatic carbocycles. The molecule has 1 aliphatic rings. The number of halogens is 1. The first-order valence-electron chi connectivity index (χ1n) is 5.90. The predicted octanol–water partition coefficient (Wildman–Crippen LogP) is 2.39. The molecule has 1 heterocycles. The van der Waals surface area contributed by atoms with Gasteiger partial charge in [0.2, 0.25) is 0 Å². The Balaban J connectivity index is 0.000000550. The molecule has 2 rings (SSSR count). The Labute approximate surface area is 122 Å². The van der Waals surface area contributed by atoms with Crippen molar-refractivity contribution < 1.29 is 13.2 Å². The molecule has 1 fully saturated rings. The summed E-state index contributed by atoms with van der Waals surface area (Å²) in [6, 6.07) is 6.88. The van der Waals surface area contributed by atoms with Gasteiger partial charge in [-0.15, -0.1) is 0 Å². The second kappa shape index (κ2) is 6.38. The van der Waals surface area contributed by atoms with Gasteiger partial charge in [-0.25, -0.2) is 8.61 Å². The van der Waals surface area contributed by atoms with Crippen molar-refractivity contribution in [3.63, 3.8) is 0 Å². The predicted molar refractivity (Wildman–Crippen MR) is 79.1 cm³/mol. The first kappa shape index (κ1) is 16.0. The number of amides is 1. The van der Waals surface area contributed by atoms with Crippen LogP contribution < -0.4 is 4.31 Å². The average Bonchev–Trinajstić information content (AvgIpc) is 2.55. The van der Waals surface area contributed by atoms with Crippen molar-refractivity contribution in [2.45, 2.75) is 20.3 Å². The summed E-state index contributed by atoms with van der Waals surface area (Å²) in [5, 5.41) is 0. The molecule has 106 valence electrons. The molecule has 0 saturated carbocycles. The average molecular weight is 349 g/mol. The largest absolute Gasteiger partial charge is 0.328 e. The summed E-state index contributed by atoms with van der Waals surface area (Å²) in [7, 11) is -2.44. The van der Waals surface area contributed by atoms with Crippen LogP contribution in [0.3, 0.4) is 0 Å². The molecular weight excluding hydrogens is 332 g/mol. The summed E-state index contributed by atoms with van der Waals surface area (Å²) < 4.78 is 26.2. The van der Waals surface area contributed by atoms with Crippen LogP contribution in [0.4, 0.5) is 5.69 Å². The van der Waals surface area contributed by atoms with E-state index in [1.165, 1.54) is 13.5 Å². The topological polar surface area (TPSA) is 57.7 Å². The summed E-state index contributed by atoms with van der Waals surface area (Å²) in [4.78, 5) is 11.4. The van der Waals surface area contributed by atoms with Gasteiger partial charge in [0, 0.05) is 11.5 Å². The van der Waals surface area contributed by atoms with Gasteiger partial charge in [-0.05, 0) is 28.1 Å². The number of nitrogens with zero attached hydrogens (tertiary/aromatic N) is 2. The Morgan fingerprint density at radius 2 is 1.79 bits per heavy atom. The molecular formula is C12H17BrN2O3S. The molecule has 1 aromatic rings. The maximum Gasteiger partial charge on any atom is 0.328 e. The SMILES string of the molecule is CCC.CN1C(=O)CN(c2ccccc2Br)S1(=O)=O. The van der Waals surface area contributed by atoms with Crippen molar-refractivity contribution >= 4 is 37.7 Å². The highest BCUT2D eigenvalue weighted by molar-refractivity contribution is 9.10. The minimum atomic E-state index is -3.70. The number of hydrogen-bond donors (Lipinski definition) is 0. The highest BCUT2D eigenvalue weighted by atomic mass is 79.9. The molecule has 0 spiro atoms. The van der Waals surface area contributed by atoms with Crippen LogP contribution in [0.25, 0.3) is 0 Å². The van der Waals surface area contributed by atoms with E-state index in [1.807, 2.05) is 0 Å². The van der Waals surface area contributed by atoms with Crippen molar-refractivity contribution in [2.75, 3.05) is 17.9 Å². The number of anilines is 1. The Bertz CT molecular complexity index is 560. The number of benzene rings is 1. The van der Waals surface area contributed by atoms with Crippen molar-refractivity contribution in [3.05, 3.63) is 28.7 Å². The number of hydrogen-bond acceptors (Lipinski definition) is 3. The maximum atomic E-state index is 11.9. The lowest BCUT2D eigenvalue weighted by Gasteiger charge is -2.18. The molecule has 1 saturated heterocycles. The molecule has 0 bridgehead atoms. The molecule has 0 radical (unpaired) electrons. The number of carbonyl (C=O) groups is 1. The highest BCUT2D eigenvalue weighted by Crippen LogP contribution is 2.31. The number of carbonyl (C=O) groups excluding carboxylic acids is 1. The van der Waals surface area contributed by atoms with Crippen molar-refractivity contribution in [3.8, 4) is 0 Å². The van der Waals surface area contributed by atoms with Crippen LogP contribution in [-0.2, 0) is 15.0 Å². The van der Waals surface area contributed by atoms with Crippen molar-refractivity contribution in [1.82, 2.24) is 4.31 Å². The summed E-state index contributed by atoms with van der Waals surface area (Å²) in [5.74, 6) is -0.434. The lowest BCUT2D eigenvalue weighted by atomic mass is 10.3. The minimum Gasteiger partial charge on any atom is -0.272 e. The molecule has 1 amide bonds. The third-order valence-electron chi connectivity index (χ3n) is 2.38. The second-order valence-electron chi connectivity index (χ2n) is 4.03. The van der Waals surface area contributed by atoms with Gasteiger partial charge in [0.1, 0.15) is 6.54 Å².